The molecule has 4 atom stereocenters. The van der Waals surface area contributed by atoms with Gasteiger partial charge in [-0.15, -0.1) is 0 Å². The van der Waals surface area contributed by atoms with Crippen LogP contribution in [0.4, 0.5) is 26.7 Å². The molecule has 0 radical (unpaired) electrons. The van der Waals surface area contributed by atoms with E-state index in [-0.39, 0.29) is 12.0 Å². The minimum absolute atomic E-state index is 0.136. The quantitative estimate of drug-likeness (QED) is 0.186. The van der Waals surface area contributed by atoms with Crippen LogP contribution in [-0.2, 0) is 20.8 Å². The van der Waals surface area contributed by atoms with Gasteiger partial charge < -0.3 is 31.5 Å². The topological polar surface area (TPSA) is 157 Å². The second-order valence-corrected chi connectivity index (χ2v) is 10.3. The summed E-state index contributed by atoms with van der Waals surface area (Å²) < 4.78 is 66.7. The molecule has 43 heavy (non-hydrogen) atoms. The van der Waals surface area contributed by atoms with Gasteiger partial charge in [0.05, 0.1) is 6.04 Å². The average Bonchev–Trinajstić information content (AvgIpc) is 2.91. The molecule has 0 aliphatic carbocycles. The van der Waals surface area contributed by atoms with Crippen molar-refractivity contribution < 1.29 is 51.3 Å². The molecule has 4 unspecified atom stereocenters. The molecule has 4 amide bonds. The minimum Gasteiger partial charge on any atom is -0.465 e. The zero-order valence-corrected chi connectivity index (χ0v) is 23.5. The molecular formula is C27H30ClF5N4O6. The minimum atomic E-state index is -5.00. The highest BCUT2D eigenvalue weighted by Crippen LogP contribution is 2.26. The Labute approximate surface area is 248 Å². The number of aliphatic hydroxyl groups excluding tert-OH is 1. The van der Waals surface area contributed by atoms with Crippen LogP contribution in [0.2, 0.25) is 5.02 Å². The van der Waals surface area contributed by atoms with Crippen LogP contribution in [-0.4, -0.2) is 70.9 Å². The van der Waals surface area contributed by atoms with E-state index in [2.05, 4.69) is 10.6 Å². The third-order valence-electron chi connectivity index (χ3n) is 6.12. The Morgan fingerprint density at radius 2 is 1.51 bits per heavy atom. The monoisotopic (exact) mass is 636 g/mol. The number of carbonyl (C=O) groups is 4. The number of aliphatic hydroxyl groups is 1. The molecule has 2 aromatic carbocycles. The zero-order valence-electron chi connectivity index (χ0n) is 22.8. The number of hydrogen-bond donors (Lipinski definition) is 6. The molecule has 0 fully saturated rings. The number of rotatable bonds is 13. The van der Waals surface area contributed by atoms with Gasteiger partial charge in [-0.05, 0) is 29.2 Å². The summed E-state index contributed by atoms with van der Waals surface area (Å²) in [6.07, 6.45) is -9.71. The van der Waals surface area contributed by atoms with Gasteiger partial charge in [0.2, 0.25) is 11.8 Å². The molecule has 2 rings (SSSR count). The molecule has 236 valence electrons. The number of alkyl halides is 5. The van der Waals surface area contributed by atoms with Crippen LogP contribution in [0.25, 0.3) is 0 Å². The molecule has 16 heteroatoms. The first-order valence-electron chi connectivity index (χ1n) is 12.7. The van der Waals surface area contributed by atoms with Crippen LogP contribution >= 0.6 is 11.6 Å². The Balaban J connectivity index is 2.34. The van der Waals surface area contributed by atoms with E-state index in [1.165, 1.54) is 44.2 Å². The van der Waals surface area contributed by atoms with Gasteiger partial charge in [-0.2, -0.15) is 22.0 Å². The van der Waals surface area contributed by atoms with Gasteiger partial charge in [-0.1, -0.05) is 67.9 Å². The summed E-state index contributed by atoms with van der Waals surface area (Å²) >= 11 is 5.97. The number of carbonyl (C=O) groups excluding carboxylic acids is 3. The Hall–Kier alpha value is -3.98. The maximum Gasteiger partial charge on any atom is 0.405 e. The Bertz CT molecular complexity index is 1280. The summed E-state index contributed by atoms with van der Waals surface area (Å²) in [5.74, 6) is -10.3. The number of hydrogen-bond acceptors (Lipinski definition) is 5. The maximum absolute atomic E-state index is 14.7. The summed E-state index contributed by atoms with van der Waals surface area (Å²) in [5.41, 5.74) is 0.605. The highest BCUT2D eigenvalue weighted by Gasteiger charge is 2.52. The van der Waals surface area contributed by atoms with E-state index in [0.717, 1.165) is 5.32 Å². The summed E-state index contributed by atoms with van der Waals surface area (Å²) in [5, 5.41) is 27.6. The number of amides is 4. The van der Waals surface area contributed by atoms with Crippen LogP contribution in [0.3, 0.4) is 0 Å². The van der Waals surface area contributed by atoms with Crippen molar-refractivity contribution in [2.24, 2.45) is 5.92 Å². The SMILES string of the molecule is CC(C)C(NC(=O)C(NC(=O)C(Cc1cccc(Cl)c1)NC(=O)O)c1ccccc1)C(O)C(F)(F)C(=O)NCC(F)(F)F. The summed E-state index contributed by atoms with van der Waals surface area (Å²) in [6.45, 7) is 0.521. The van der Waals surface area contributed by atoms with E-state index in [1.807, 2.05) is 5.32 Å². The predicted molar refractivity (Wildman–Crippen MR) is 144 cm³/mol. The summed E-state index contributed by atoms with van der Waals surface area (Å²) in [4.78, 5) is 49.9. The molecule has 2 aromatic rings. The van der Waals surface area contributed by atoms with Gasteiger partial charge in [0, 0.05) is 11.4 Å². The molecular weight excluding hydrogens is 607 g/mol. The maximum atomic E-state index is 14.7. The lowest BCUT2D eigenvalue weighted by Gasteiger charge is -2.33. The molecule has 0 aromatic heterocycles. The van der Waals surface area contributed by atoms with Gasteiger partial charge in [0.1, 0.15) is 24.7 Å². The normalized spacial score (nSPS) is 14.7. The van der Waals surface area contributed by atoms with Gasteiger partial charge in [-0.25, -0.2) is 4.79 Å². The first-order chi connectivity index (χ1) is 19.9. The molecule has 6 N–H and O–H groups in total. The smallest absolute Gasteiger partial charge is 0.405 e. The zero-order chi connectivity index (χ0) is 32.5. The molecule has 0 aliphatic rings. The number of nitrogens with one attached hydrogen (secondary N) is 4. The number of carboxylic acid groups (broad SMARTS) is 1. The van der Waals surface area contributed by atoms with Gasteiger partial charge in [0.15, 0.2) is 0 Å². The number of halogens is 6. The van der Waals surface area contributed by atoms with Crippen LogP contribution < -0.4 is 21.3 Å². The second-order valence-electron chi connectivity index (χ2n) is 9.83. The average molecular weight is 637 g/mol. The molecule has 0 aliphatic heterocycles. The van der Waals surface area contributed by atoms with E-state index < -0.39 is 72.6 Å². The third-order valence-corrected chi connectivity index (χ3v) is 6.35. The van der Waals surface area contributed by atoms with Gasteiger partial charge >= 0.3 is 18.2 Å². The van der Waals surface area contributed by atoms with Crippen LogP contribution in [0, 0.1) is 5.92 Å². The van der Waals surface area contributed by atoms with Crippen LogP contribution in [0.1, 0.15) is 31.0 Å². The lowest BCUT2D eigenvalue weighted by atomic mass is 9.93. The van der Waals surface area contributed by atoms with Crippen LogP contribution in [0.5, 0.6) is 0 Å². The third kappa shape index (κ3) is 10.7. The van der Waals surface area contributed by atoms with Crippen molar-refractivity contribution in [2.75, 3.05) is 6.54 Å². The molecule has 0 bridgehead atoms. The van der Waals surface area contributed by atoms with E-state index in [4.69, 9.17) is 11.6 Å². The molecule has 10 nitrogen and oxygen atoms in total. The van der Waals surface area contributed by atoms with Crippen molar-refractivity contribution in [2.45, 2.75) is 56.6 Å². The first-order valence-corrected chi connectivity index (χ1v) is 13.1. The van der Waals surface area contributed by atoms with Crippen molar-refractivity contribution in [3.05, 3.63) is 70.7 Å². The van der Waals surface area contributed by atoms with E-state index >= 15 is 0 Å². The molecule has 0 heterocycles. The largest absolute Gasteiger partial charge is 0.465 e. The Morgan fingerprint density at radius 3 is 2.05 bits per heavy atom. The van der Waals surface area contributed by atoms with Crippen molar-refractivity contribution in [3.63, 3.8) is 0 Å². The van der Waals surface area contributed by atoms with Crippen LogP contribution in [0.15, 0.2) is 54.6 Å². The molecule has 0 saturated heterocycles. The van der Waals surface area contributed by atoms with E-state index in [0.29, 0.717) is 10.6 Å². The lowest BCUT2D eigenvalue weighted by Crippen LogP contribution is -2.61. The van der Waals surface area contributed by atoms with E-state index in [1.54, 1.807) is 24.3 Å². The molecule has 0 spiro atoms. The second kappa shape index (κ2) is 15.0. The van der Waals surface area contributed by atoms with Crippen molar-refractivity contribution in [3.8, 4) is 0 Å². The number of benzene rings is 2. The van der Waals surface area contributed by atoms with Crippen molar-refractivity contribution in [1.29, 1.82) is 0 Å². The fourth-order valence-electron chi connectivity index (χ4n) is 3.96. The fraction of sp³-hybridized carbons (Fsp3) is 0.407. The van der Waals surface area contributed by atoms with Gasteiger partial charge in [-0.3, -0.25) is 14.4 Å². The first kappa shape index (κ1) is 35.2. The lowest BCUT2D eigenvalue weighted by molar-refractivity contribution is -0.175. The van der Waals surface area contributed by atoms with E-state index in [9.17, 15) is 51.3 Å². The summed E-state index contributed by atoms with van der Waals surface area (Å²) in [7, 11) is 0. The summed E-state index contributed by atoms with van der Waals surface area (Å²) in [6, 6.07) is 8.63. The van der Waals surface area contributed by atoms with Crippen molar-refractivity contribution in [1.82, 2.24) is 21.3 Å². The highest BCUT2D eigenvalue weighted by atomic mass is 35.5. The van der Waals surface area contributed by atoms with Gasteiger partial charge in [0.25, 0.3) is 5.91 Å². The predicted octanol–water partition coefficient (Wildman–Crippen LogP) is 3.19. The fourth-order valence-corrected chi connectivity index (χ4v) is 4.18. The standard InChI is InChI=1S/C27H30ClF5N4O6/c1-14(2)19(21(38)27(32,33)24(41)34-13-26(29,30)31)36-23(40)20(16-8-4-3-5-9-16)37-22(39)18(35-25(42)43)12-15-7-6-10-17(28)11-15/h3-11,14,18-21,35,38H,12-13H2,1-2H3,(H,34,41)(H,36,40)(H,37,39)(H,42,43). The van der Waals surface area contributed by atoms with Crippen molar-refractivity contribution >= 4 is 35.4 Å². The Kier molecular flexibility index (Phi) is 12.3. The molecule has 0 saturated carbocycles. The Morgan fingerprint density at radius 1 is 0.884 bits per heavy atom. The highest BCUT2D eigenvalue weighted by molar-refractivity contribution is 6.30.